The van der Waals surface area contributed by atoms with Gasteiger partial charge < -0.3 is 15.4 Å². The third kappa shape index (κ3) is 4.39. The first kappa shape index (κ1) is 18.1. The highest BCUT2D eigenvalue weighted by molar-refractivity contribution is 5.85. The number of nitrogens with zero attached hydrogens (tertiary/aromatic N) is 1. The van der Waals surface area contributed by atoms with E-state index in [-0.39, 0.29) is 24.4 Å². The number of rotatable bonds is 3. The Bertz CT molecular complexity index is 540. The van der Waals surface area contributed by atoms with Crippen LogP contribution in [0.15, 0.2) is 18.2 Å². The van der Waals surface area contributed by atoms with Crippen LogP contribution in [0.2, 0.25) is 0 Å². The Labute approximate surface area is 144 Å². The second kappa shape index (κ2) is 8.02. The van der Waals surface area contributed by atoms with E-state index in [1.165, 1.54) is 5.56 Å². The van der Waals surface area contributed by atoms with E-state index in [0.29, 0.717) is 12.3 Å². The zero-order valence-corrected chi connectivity index (χ0v) is 14.6. The summed E-state index contributed by atoms with van der Waals surface area (Å²) in [6.07, 6.45) is 4.67. The van der Waals surface area contributed by atoms with Crippen LogP contribution in [0, 0.1) is 5.92 Å². The lowest BCUT2D eigenvalue weighted by Gasteiger charge is -2.33. The van der Waals surface area contributed by atoms with E-state index in [1.807, 2.05) is 17.0 Å². The Balaban J connectivity index is 0.00000192. The average molecular weight is 339 g/mol. The van der Waals surface area contributed by atoms with Gasteiger partial charge in [-0.3, -0.25) is 4.79 Å². The van der Waals surface area contributed by atoms with Crippen molar-refractivity contribution in [2.24, 2.45) is 11.7 Å². The fourth-order valence-corrected chi connectivity index (χ4v) is 3.48. The number of piperidine rings is 1. The minimum absolute atomic E-state index is 0. The summed E-state index contributed by atoms with van der Waals surface area (Å²) in [6, 6.07) is 6.41. The molecule has 128 valence electrons. The topological polar surface area (TPSA) is 55.6 Å². The molecule has 1 fully saturated rings. The molecule has 1 unspecified atom stereocenters. The Hall–Kier alpha value is -1.26. The van der Waals surface area contributed by atoms with Gasteiger partial charge in [0.05, 0.1) is 13.0 Å². The quantitative estimate of drug-likeness (QED) is 0.921. The monoisotopic (exact) mass is 338 g/mol. The molecule has 4 nitrogen and oxygen atoms in total. The smallest absolute Gasteiger partial charge is 0.226 e. The lowest BCUT2D eigenvalue weighted by atomic mass is 9.90. The maximum Gasteiger partial charge on any atom is 0.226 e. The molecule has 0 radical (unpaired) electrons. The molecule has 0 aliphatic carbocycles. The fraction of sp³-hybridized carbons (Fsp3) is 0.611. The van der Waals surface area contributed by atoms with Crippen molar-refractivity contribution in [3.05, 3.63) is 29.3 Å². The van der Waals surface area contributed by atoms with E-state index in [0.717, 1.165) is 56.7 Å². The van der Waals surface area contributed by atoms with Gasteiger partial charge in [-0.05, 0) is 55.7 Å². The fourth-order valence-electron chi connectivity index (χ4n) is 3.48. The summed E-state index contributed by atoms with van der Waals surface area (Å²) in [7, 11) is 0. The molecule has 2 aliphatic heterocycles. The summed E-state index contributed by atoms with van der Waals surface area (Å²) >= 11 is 0. The highest BCUT2D eigenvalue weighted by Gasteiger charge is 2.25. The first-order chi connectivity index (χ1) is 10.6. The van der Waals surface area contributed by atoms with Gasteiger partial charge in [0.2, 0.25) is 5.91 Å². The van der Waals surface area contributed by atoms with Gasteiger partial charge in [-0.2, -0.15) is 0 Å². The number of nitrogens with two attached hydrogens (primary N) is 1. The molecule has 2 N–H and O–H groups in total. The van der Waals surface area contributed by atoms with E-state index in [2.05, 4.69) is 13.0 Å². The van der Waals surface area contributed by atoms with E-state index in [9.17, 15) is 4.79 Å². The van der Waals surface area contributed by atoms with Crippen LogP contribution in [-0.2, 0) is 17.6 Å². The van der Waals surface area contributed by atoms with E-state index in [4.69, 9.17) is 10.5 Å². The van der Waals surface area contributed by atoms with Crippen LogP contribution in [0.4, 0.5) is 0 Å². The van der Waals surface area contributed by atoms with Crippen LogP contribution in [0.5, 0.6) is 5.75 Å². The molecule has 5 heteroatoms. The SMILES string of the molecule is CC(N)C1CCN(C(=O)Cc2ccc3c(c2)CCCO3)CC1.Cl. The molecule has 0 spiro atoms. The summed E-state index contributed by atoms with van der Waals surface area (Å²) in [5.74, 6) is 1.78. The molecule has 1 atom stereocenters. The summed E-state index contributed by atoms with van der Waals surface area (Å²) in [6.45, 7) is 4.56. The standard InChI is InChI=1S/C18H26N2O2.ClH/c1-13(19)15-6-8-20(9-7-15)18(21)12-14-4-5-17-16(11-14)3-2-10-22-17;/h4-5,11,13,15H,2-3,6-10,12,19H2,1H3;1H. The molecule has 0 aromatic heterocycles. The minimum Gasteiger partial charge on any atom is -0.493 e. The van der Waals surface area contributed by atoms with Gasteiger partial charge in [0, 0.05) is 19.1 Å². The molecule has 0 bridgehead atoms. The van der Waals surface area contributed by atoms with Crippen molar-refractivity contribution >= 4 is 18.3 Å². The number of carbonyl (C=O) groups is 1. The van der Waals surface area contributed by atoms with Crippen molar-refractivity contribution in [2.75, 3.05) is 19.7 Å². The highest BCUT2D eigenvalue weighted by Crippen LogP contribution is 2.26. The number of amides is 1. The molecule has 1 amide bonds. The predicted molar refractivity (Wildman–Crippen MR) is 94.2 cm³/mol. The van der Waals surface area contributed by atoms with Crippen molar-refractivity contribution in [2.45, 2.75) is 45.1 Å². The van der Waals surface area contributed by atoms with Crippen molar-refractivity contribution < 1.29 is 9.53 Å². The average Bonchev–Trinajstić information content (AvgIpc) is 2.55. The van der Waals surface area contributed by atoms with Crippen LogP contribution in [-0.4, -0.2) is 36.5 Å². The summed E-state index contributed by atoms with van der Waals surface area (Å²) < 4.78 is 5.63. The molecule has 3 rings (SSSR count). The van der Waals surface area contributed by atoms with E-state index < -0.39 is 0 Å². The molecular formula is C18H27ClN2O2. The zero-order valence-electron chi connectivity index (χ0n) is 13.8. The minimum atomic E-state index is 0. The number of likely N-dealkylation sites (tertiary alicyclic amines) is 1. The highest BCUT2D eigenvalue weighted by atomic mass is 35.5. The molecular weight excluding hydrogens is 312 g/mol. The van der Waals surface area contributed by atoms with Crippen molar-refractivity contribution in [1.29, 1.82) is 0 Å². The number of aryl methyl sites for hydroxylation is 1. The van der Waals surface area contributed by atoms with E-state index in [1.54, 1.807) is 0 Å². The van der Waals surface area contributed by atoms with Gasteiger partial charge in [0.1, 0.15) is 5.75 Å². The Kier molecular flexibility index (Phi) is 6.31. The third-order valence-corrected chi connectivity index (χ3v) is 4.96. The lowest BCUT2D eigenvalue weighted by molar-refractivity contribution is -0.131. The molecule has 1 aromatic carbocycles. The molecule has 2 aliphatic rings. The van der Waals surface area contributed by atoms with Crippen LogP contribution >= 0.6 is 12.4 Å². The number of carbonyl (C=O) groups excluding carboxylic acids is 1. The number of benzene rings is 1. The molecule has 0 saturated carbocycles. The number of fused-ring (bicyclic) bond motifs is 1. The van der Waals surface area contributed by atoms with Crippen LogP contribution in [0.25, 0.3) is 0 Å². The van der Waals surface area contributed by atoms with Crippen LogP contribution < -0.4 is 10.5 Å². The van der Waals surface area contributed by atoms with Gasteiger partial charge in [0.25, 0.3) is 0 Å². The largest absolute Gasteiger partial charge is 0.493 e. The van der Waals surface area contributed by atoms with Crippen molar-refractivity contribution in [3.8, 4) is 5.75 Å². The number of hydrogen-bond acceptors (Lipinski definition) is 3. The maximum absolute atomic E-state index is 12.5. The summed E-state index contributed by atoms with van der Waals surface area (Å²) in [5, 5.41) is 0. The van der Waals surface area contributed by atoms with Crippen molar-refractivity contribution in [1.82, 2.24) is 4.90 Å². The second-order valence-electron chi connectivity index (χ2n) is 6.65. The Morgan fingerprint density at radius 3 is 2.83 bits per heavy atom. The third-order valence-electron chi connectivity index (χ3n) is 4.96. The Morgan fingerprint density at radius 2 is 2.13 bits per heavy atom. The van der Waals surface area contributed by atoms with Gasteiger partial charge in [-0.25, -0.2) is 0 Å². The van der Waals surface area contributed by atoms with Gasteiger partial charge in [-0.1, -0.05) is 12.1 Å². The molecule has 2 heterocycles. The molecule has 23 heavy (non-hydrogen) atoms. The maximum atomic E-state index is 12.5. The van der Waals surface area contributed by atoms with Crippen LogP contribution in [0.1, 0.15) is 37.3 Å². The normalized spacial score (nSPS) is 19.3. The van der Waals surface area contributed by atoms with E-state index >= 15 is 0 Å². The summed E-state index contributed by atoms with van der Waals surface area (Å²) in [5.41, 5.74) is 8.31. The molecule has 1 saturated heterocycles. The summed E-state index contributed by atoms with van der Waals surface area (Å²) in [4.78, 5) is 14.5. The lowest BCUT2D eigenvalue weighted by Crippen LogP contribution is -2.43. The van der Waals surface area contributed by atoms with Crippen LogP contribution in [0.3, 0.4) is 0 Å². The van der Waals surface area contributed by atoms with Crippen molar-refractivity contribution in [3.63, 3.8) is 0 Å². The zero-order chi connectivity index (χ0) is 15.5. The van der Waals surface area contributed by atoms with Gasteiger partial charge in [0.15, 0.2) is 0 Å². The predicted octanol–water partition coefficient (Wildman–Crippen LogP) is 2.56. The second-order valence-corrected chi connectivity index (χ2v) is 6.65. The number of halogens is 1. The first-order valence-corrected chi connectivity index (χ1v) is 8.41. The number of hydrogen-bond donors (Lipinski definition) is 1. The van der Waals surface area contributed by atoms with Gasteiger partial charge >= 0.3 is 0 Å². The molecule has 1 aromatic rings. The number of ether oxygens (including phenoxy) is 1. The Morgan fingerprint density at radius 1 is 1.39 bits per heavy atom. The van der Waals surface area contributed by atoms with Gasteiger partial charge in [-0.15, -0.1) is 12.4 Å². The first-order valence-electron chi connectivity index (χ1n) is 8.41.